The molecule has 0 aliphatic carbocycles. The van der Waals surface area contributed by atoms with Crippen LogP contribution in [-0.4, -0.2) is 14.2 Å². The summed E-state index contributed by atoms with van der Waals surface area (Å²) < 4.78 is 11.1. The zero-order valence-electron chi connectivity index (χ0n) is 10.7. The standard InChI is InChI=1S/C14H16ClNO2/c1-9(16-2)12-6-7-14(18-12)11-8-10(15)4-5-13(11)17-3/h4-9,16H,1-3H3. The molecule has 1 unspecified atom stereocenters. The van der Waals surface area contributed by atoms with Crippen LogP contribution in [0.2, 0.25) is 5.02 Å². The maximum absolute atomic E-state index is 6.01. The van der Waals surface area contributed by atoms with Gasteiger partial charge >= 0.3 is 0 Å². The van der Waals surface area contributed by atoms with Crippen LogP contribution in [0, 0.1) is 0 Å². The summed E-state index contributed by atoms with van der Waals surface area (Å²) in [7, 11) is 3.53. The van der Waals surface area contributed by atoms with Crippen LogP contribution >= 0.6 is 11.6 Å². The maximum Gasteiger partial charge on any atom is 0.138 e. The Kier molecular flexibility index (Phi) is 3.94. The van der Waals surface area contributed by atoms with Crippen LogP contribution in [0.1, 0.15) is 18.7 Å². The molecule has 0 amide bonds. The number of rotatable bonds is 4. The summed E-state index contributed by atoms with van der Waals surface area (Å²) in [5, 5.41) is 3.79. The van der Waals surface area contributed by atoms with Gasteiger partial charge in [0.05, 0.1) is 18.7 Å². The van der Waals surface area contributed by atoms with Gasteiger partial charge in [-0.25, -0.2) is 0 Å². The van der Waals surface area contributed by atoms with Gasteiger partial charge in [-0.1, -0.05) is 11.6 Å². The molecule has 0 aliphatic heterocycles. The topological polar surface area (TPSA) is 34.4 Å². The Morgan fingerprint density at radius 3 is 2.72 bits per heavy atom. The number of halogens is 1. The fourth-order valence-electron chi connectivity index (χ4n) is 1.75. The predicted octanol–water partition coefficient (Wildman–Crippen LogP) is 3.89. The lowest BCUT2D eigenvalue weighted by Crippen LogP contribution is -2.11. The van der Waals surface area contributed by atoms with Gasteiger partial charge in [-0.05, 0) is 44.3 Å². The van der Waals surface area contributed by atoms with Crippen LogP contribution in [0.3, 0.4) is 0 Å². The number of ether oxygens (including phenoxy) is 1. The molecule has 1 atom stereocenters. The lowest BCUT2D eigenvalue weighted by Gasteiger charge is -2.08. The van der Waals surface area contributed by atoms with E-state index in [1.165, 1.54) is 0 Å². The minimum Gasteiger partial charge on any atom is -0.496 e. The van der Waals surface area contributed by atoms with Crippen LogP contribution in [0.25, 0.3) is 11.3 Å². The molecule has 18 heavy (non-hydrogen) atoms. The second-order valence-corrected chi connectivity index (χ2v) is 4.49. The Morgan fingerprint density at radius 2 is 2.06 bits per heavy atom. The van der Waals surface area contributed by atoms with Crippen molar-refractivity contribution < 1.29 is 9.15 Å². The Hall–Kier alpha value is -1.45. The fourth-order valence-corrected chi connectivity index (χ4v) is 1.92. The van der Waals surface area contributed by atoms with Gasteiger partial charge in [0.2, 0.25) is 0 Å². The fraction of sp³-hybridized carbons (Fsp3) is 0.286. The van der Waals surface area contributed by atoms with E-state index >= 15 is 0 Å². The van der Waals surface area contributed by atoms with Crippen molar-refractivity contribution in [3.8, 4) is 17.1 Å². The van der Waals surface area contributed by atoms with E-state index in [9.17, 15) is 0 Å². The van der Waals surface area contributed by atoms with E-state index in [2.05, 4.69) is 5.32 Å². The van der Waals surface area contributed by atoms with Gasteiger partial charge in [0.15, 0.2) is 0 Å². The molecular weight excluding hydrogens is 250 g/mol. The third-order valence-electron chi connectivity index (χ3n) is 2.91. The summed E-state index contributed by atoms with van der Waals surface area (Å²) in [5.41, 5.74) is 0.861. The van der Waals surface area contributed by atoms with Crippen molar-refractivity contribution in [2.24, 2.45) is 0 Å². The normalized spacial score (nSPS) is 12.4. The number of furan rings is 1. The van der Waals surface area contributed by atoms with E-state index in [1.54, 1.807) is 13.2 Å². The molecule has 1 aromatic heterocycles. The Balaban J connectivity index is 2.42. The van der Waals surface area contributed by atoms with E-state index in [-0.39, 0.29) is 6.04 Å². The highest BCUT2D eigenvalue weighted by Gasteiger charge is 2.13. The number of nitrogens with one attached hydrogen (secondary N) is 1. The van der Waals surface area contributed by atoms with Crippen molar-refractivity contribution >= 4 is 11.6 Å². The van der Waals surface area contributed by atoms with Gasteiger partial charge in [-0.15, -0.1) is 0 Å². The molecule has 1 N–H and O–H groups in total. The molecule has 0 bridgehead atoms. The molecule has 0 fully saturated rings. The first-order valence-corrected chi connectivity index (χ1v) is 6.14. The Labute approximate surface area is 112 Å². The van der Waals surface area contributed by atoms with Crippen molar-refractivity contribution in [3.63, 3.8) is 0 Å². The zero-order valence-corrected chi connectivity index (χ0v) is 11.4. The average molecular weight is 266 g/mol. The summed E-state index contributed by atoms with van der Waals surface area (Å²) in [4.78, 5) is 0. The van der Waals surface area contributed by atoms with Crippen LogP contribution in [0.15, 0.2) is 34.7 Å². The first-order valence-electron chi connectivity index (χ1n) is 5.76. The number of methoxy groups -OCH3 is 1. The lowest BCUT2D eigenvalue weighted by atomic mass is 10.1. The number of hydrogen-bond donors (Lipinski definition) is 1. The van der Waals surface area contributed by atoms with Gasteiger partial charge < -0.3 is 14.5 Å². The highest BCUT2D eigenvalue weighted by atomic mass is 35.5. The summed E-state index contributed by atoms with van der Waals surface area (Å²) in [5.74, 6) is 2.39. The predicted molar refractivity (Wildman–Crippen MR) is 73.2 cm³/mol. The minimum atomic E-state index is 0.170. The molecule has 0 radical (unpaired) electrons. The van der Waals surface area contributed by atoms with Crippen LogP contribution < -0.4 is 10.1 Å². The molecule has 0 saturated carbocycles. The molecule has 96 valence electrons. The van der Waals surface area contributed by atoms with E-state index < -0.39 is 0 Å². The van der Waals surface area contributed by atoms with Gasteiger partial charge in [-0.3, -0.25) is 0 Å². The average Bonchev–Trinajstić information content (AvgIpc) is 2.87. The third-order valence-corrected chi connectivity index (χ3v) is 3.15. The van der Waals surface area contributed by atoms with E-state index in [0.29, 0.717) is 5.02 Å². The molecular formula is C14H16ClNO2. The van der Waals surface area contributed by atoms with Crippen molar-refractivity contribution in [1.29, 1.82) is 0 Å². The molecule has 4 heteroatoms. The van der Waals surface area contributed by atoms with E-state index in [0.717, 1.165) is 22.8 Å². The molecule has 0 spiro atoms. The quantitative estimate of drug-likeness (QED) is 0.911. The number of hydrogen-bond acceptors (Lipinski definition) is 3. The Bertz CT molecular complexity index is 536. The summed E-state index contributed by atoms with van der Waals surface area (Å²) >= 11 is 6.01. The number of benzene rings is 1. The molecule has 1 aromatic carbocycles. The monoisotopic (exact) mass is 265 g/mol. The largest absolute Gasteiger partial charge is 0.496 e. The molecule has 0 aliphatic rings. The zero-order chi connectivity index (χ0) is 13.1. The second-order valence-electron chi connectivity index (χ2n) is 4.06. The minimum absolute atomic E-state index is 0.170. The smallest absolute Gasteiger partial charge is 0.138 e. The summed E-state index contributed by atoms with van der Waals surface area (Å²) in [6.07, 6.45) is 0. The second kappa shape index (κ2) is 5.46. The first kappa shape index (κ1) is 13.0. The summed E-state index contributed by atoms with van der Waals surface area (Å²) in [6, 6.07) is 9.52. The SMILES string of the molecule is CNC(C)c1ccc(-c2cc(Cl)ccc2OC)o1. The maximum atomic E-state index is 6.01. The molecule has 1 heterocycles. The van der Waals surface area contributed by atoms with Crippen LogP contribution in [0.4, 0.5) is 0 Å². The van der Waals surface area contributed by atoms with Crippen molar-refractivity contribution in [2.75, 3.05) is 14.2 Å². The van der Waals surface area contributed by atoms with Crippen LogP contribution in [0.5, 0.6) is 5.75 Å². The highest BCUT2D eigenvalue weighted by Crippen LogP contribution is 2.34. The molecule has 3 nitrogen and oxygen atoms in total. The van der Waals surface area contributed by atoms with Gasteiger partial charge in [-0.2, -0.15) is 0 Å². The van der Waals surface area contributed by atoms with Crippen molar-refractivity contribution in [2.45, 2.75) is 13.0 Å². The lowest BCUT2D eigenvalue weighted by molar-refractivity contribution is 0.412. The van der Waals surface area contributed by atoms with Gasteiger partial charge in [0, 0.05) is 5.02 Å². The Morgan fingerprint density at radius 1 is 1.28 bits per heavy atom. The van der Waals surface area contributed by atoms with Gasteiger partial charge in [0.1, 0.15) is 17.3 Å². The van der Waals surface area contributed by atoms with Crippen molar-refractivity contribution in [3.05, 3.63) is 41.1 Å². The highest BCUT2D eigenvalue weighted by molar-refractivity contribution is 6.30. The van der Waals surface area contributed by atoms with Gasteiger partial charge in [0.25, 0.3) is 0 Å². The first-order chi connectivity index (χ1) is 8.65. The molecule has 2 rings (SSSR count). The molecule has 2 aromatic rings. The third kappa shape index (κ3) is 2.52. The summed E-state index contributed by atoms with van der Waals surface area (Å²) in [6.45, 7) is 2.04. The molecule has 0 saturated heterocycles. The van der Waals surface area contributed by atoms with E-state index in [1.807, 2.05) is 38.2 Å². The van der Waals surface area contributed by atoms with Crippen LogP contribution in [-0.2, 0) is 0 Å². The van der Waals surface area contributed by atoms with E-state index in [4.69, 9.17) is 20.8 Å². The van der Waals surface area contributed by atoms with Crippen molar-refractivity contribution in [1.82, 2.24) is 5.32 Å².